The lowest BCUT2D eigenvalue weighted by Crippen LogP contribution is -3.18. The topological polar surface area (TPSA) is 42.8 Å². The third kappa shape index (κ3) is 3.95. The van der Waals surface area contributed by atoms with Gasteiger partial charge in [-0.25, -0.2) is 0 Å². The number of quaternary nitrogens is 1. The Bertz CT molecular complexity index is 499. The van der Waals surface area contributed by atoms with E-state index in [4.69, 9.17) is 4.74 Å². The predicted octanol–water partition coefficient (Wildman–Crippen LogP) is 0.948. The number of para-hydroxylation sites is 1. The second-order valence-corrected chi connectivity index (χ2v) is 5.02. The van der Waals surface area contributed by atoms with Crippen molar-refractivity contribution >= 4 is 11.6 Å². The summed E-state index contributed by atoms with van der Waals surface area (Å²) in [5.41, 5.74) is -1.03. The predicted molar refractivity (Wildman–Crippen MR) is 71.1 cm³/mol. The van der Waals surface area contributed by atoms with Crippen LogP contribution in [-0.4, -0.2) is 38.3 Å². The van der Waals surface area contributed by atoms with Crippen LogP contribution < -0.4 is 10.2 Å². The van der Waals surface area contributed by atoms with Crippen molar-refractivity contribution in [2.24, 2.45) is 0 Å². The van der Waals surface area contributed by atoms with Gasteiger partial charge >= 0.3 is 6.18 Å². The number of halogens is 3. The SMILES string of the molecule is C[C@H](C(=O)Nc1ccccc1C(F)(F)F)[NH+]1CCOCC1. The number of carbonyl (C=O) groups excluding carboxylic acids is 1. The molecule has 1 atom stereocenters. The Morgan fingerprint density at radius 3 is 2.52 bits per heavy atom. The number of hydrogen-bond acceptors (Lipinski definition) is 2. The summed E-state index contributed by atoms with van der Waals surface area (Å²) in [6.07, 6.45) is -4.49. The number of amides is 1. The van der Waals surface area contributed by atoms with E-state index in [2.05, 4.69) is 5.32 Å². The van der Waals surface area contributed by atoms with Gasteiger partial charge in [-0.15, -0.1) is 0 Å². The molecule has 4 nitrogen and oxygen atoms in total. The third-order valence-electron chi connectivity index (χ3n) is 3.63. The van der Waals surface area contributed by atoms with E-state index in [1.807, 2.05) is 0 Å². The summed E-state index contributed by atoms with van der Waals surface area (Å²) < 4.78 is 43.9. The first kappa shape index (κ1) is 15.8. The van der Waals surface area contributed by atoms with Gasteiger partial charge in [0.05, 0.1) is 24.5 Å². The van der Waals surface area contributed by atoms with Gasteiger partial charge in [-0.1, -0.05) is 12.1 Å². The van der Waals surface area contributed by atoms with Crippen molar-refractivity contribution in [3.63, 3.8) is 0 Å². The molecule has 0 radical (unpaired) electrons. The van der Waals surface area contributed by atoms with Crippen LogP contribution in [0.3, 0.4) is 0 Å². The third-order valence-corrected chi connectivity index (χ3v) is 3.63. The van der Waals surface area contributed by atoms with Crippen molar-refractivity contribution in [3.8, 4) is 0 Å². The van der Waals surface area contributed by atoms with Crippen LogP contribution in [0.2, 0.25) is 0 Å². The molecular weight excluding hydrogens is 285 g/mol. The van der Waals surface area contributed by atoms with Crippen molar-refractivity contribution < 1.29 is 27.6 Å². The Labute approximate surface area is 120 Å². The molecular formula is C14H18F3N2O2+. The first-order valence-corrected chi connectivity index (χ1v) is 6.79. The van der Waals surface area contributed by atoms with E-state index < -0.39 is 23.7 Å². The van der Waals surface area contributed by atoms with Crippen LogP contribution in [0.1, 0.15) is 12.5 Å². The highest BCUT2D eigenvalue weighted by Crippen LogP contribution is 2.34. The second kappa shape index (κ2) is 6.44. The van der Waals surface area contributed by atoms with Gasteiger partial charge in [0.2, 0.25) is 0 Å². The van der Waals surface area contributed by atoms with Crippen molar-refractivity contribution in [2.45, 2.75) is 19.1 Å². The number of anilines is 1. The Balaban J connectivity index is 2.09. The maximum Gasteiger partial charge on any atom is 0.418 e. The van der Waals surface area contributed by atoms with E-state index >= 15 is 0 Å². The van der Waals surface area contributed by atoms with E-state index in [9.17, 15) is 18.0 Å². The fourth-order valence-electron chi connectivity index (χ4n) is 2.33. The van der Waals surface area contributed by atoms with Crippen LogP contribution in [0, 0.1) is 0 Å². The molecule has 21 heavy (non-hydrogen) atoms. The Kier molecular flexibility index (Phi) is 4.84. The average Bonchev–Trinajstić information content (AvgIpc) is 2.47. The van der Waals surface area contributed by atoms with Crippen molar-refractivity contribution in [3.05, 3.63) is 29.8 Å². The number of alkyl halides is 3. The summed E-state index contributed by atoms with van der Waals surface area (Å²) >= 11 is 0. The Morgan fingerprint density at radius 1 is 1.29 bits per heavy atom. The molecule has 1 aromatic carbocycles. The fourth-order valence-corrected chi connectivity index (χ4v) is 2.33. The largest absolute Gasteiger partial charge is 0.418 e. The molecule has 1 saturated heterocycles. The van der Waals surface area contributed by atoms with Gasteiger partial charge in [0, 0.05) is 0 Å². The van der Waals surface area contributed by atoms with Gasteiger partial charge in [-0.2, -0.15) is 13.2 Å². The highest BCUT2D eigenvalue weighted by molar-refractivity contribution is 5.94. The van der Waals surface area contributed by atoms with Gasteiger partial charge < -0.3 is 15.0 Å². The average molecular weight is 303 g/mol. The number of hydrogen-bond donors (Lipinski definition) is 2. The van der Waals surface area contributed by atoms with E-state index in [1.165, 1.54) is 18.2 Å². The molecule has 1 aliphatic heterocycles. The number of carbonyl (C=O) groups is 1. The molecule has 0 spiro atoms. The van der Waals surface area contributed by atoms with Crippen molar-refractivity contribution in [2.75, 3.05) is 31.6 Å². The van der Waals surface area contributed by atoms with Crippen molar-refractivity contribution in [1.82, 2.24) is 0 Å². The minimum absolute atomic E-state index is 0.200. The van der Waals surface area contributed by atoms with Gasteiger partial charge in [0.1, 0.15) is 13.1 Å². The minimum Gasteiger partial charge on any atom is -0.370 e. The maximum absolute atomic E-state index is 12.9. The lowest BCUT2D eigenvalue weighted by Gasteiger charge is -2.28. The van der Waals surface area contributed by atoms with Gasteiger partial charge in [0.15, 0.2) is 6.04 Å². The van der Waals surface area contributed by atoms with Crippen LogP contribution >= 0.6 is 0 Å². The maximum atomic E-state index is 12.9. The van der Waals surface area contributed by atoms with Crippen LogP contribution in [-0.2, 0) is 15.7 Å². The first-order valence-electron chi connectivity index (χ1n) is 6.79. The van der Waals surface area contributed by atoms with Crippen LogP contribution in [0.5, 0.6) is 0 Å². The Hall–Kier alpha value is -1.60. The summed E-state index contributed by atoms with van der Waals surface area (Å²) in [5, 5.41) is 2.39. The van der Waals surface area contributed by atoms with Gasteiger partial charge in [-0.05, 0) is 19.1 Å². The molecule has 1 fully saturated rings. The summed E-state index contributed by atoms with van der Waals surface area (Å²) in [6.45, 7) is 4.19. The molecule has 0 saturated carbocycles. The highest BCUT2D eigenvalue weighted by atomic mass is 19.4. The van der Waals surface area contributed by atoms with Crippen LogP contribution in [0.25, 0.3) is 0 Å². The summed E-state index contributed by atoms with van der Waals surface area (Å²) in [5.74, 6) is -0.413. The zero-order valence-corrected chi connectivity index (χ0v) is 11.7. The molecule has 0 bridgehead atoms. The fraction of sp³-hybridized carbons (Fsp3) is 0.500. The molecule has 1 heterocycles. The summed E-state index contributed by atoms with van der Waals surface area (Å²) in [7, 11) is 0. The number of morpholine rings is 1. The number of rotatable bonds is 3. The molecule has 2 N–H and O–H groups in total. The minimum atomic E-state index is -4.49. The molecule has 0 unspecified atom stereocenters. The second-order valence-electron chi connectivity index (χ2n) is 5.02. The standard InChI is InChI=1S/C14H17F3N2O2/c1-10(19-6-8-21-9-7-19)13(20)18-12-5-3-2-4-11(12)14(15,16)17/h2-5,10H,6-9H2,1H3,(H,18,20)/p+1/t10-/m1/s1. The molecule has 0 aliphatic carbocycles. The highest BCUT2D eigenvalue weighted by Gasteiger charge is 2.34. The summed E-state index contributed by atoms with van der Waals surface area (Å²) in [4.78, 5) is 13.2. The monoisotopic (exact) mass is 303 g/mol. The van der Waals surface area contributed by atoms with Crippen LogP contribution in [0.15, 0.2) is 24.3 Å². The normalized spacial score (nSPS) is 18.3. The van der Waals surface area contributed by atoms with Gasteiger partial charge in [0.25, 0.3) is 5.91 Å². The smallest absolute Gasteiger partial charge is 0.370 e. The molecule has 0 aromatic heterocycles. The summed E-state index contributed by atoms with van der Waals surface area (Å²) in [6, 6.07) is 4.58. The number of ether oxygens (including phenoxy) is 1. The molecule has 1 aromatic rings. The number of nitrogens with one attached hydrogen (secondary N) is 2. The van der Waals surface area contributed by atoms with E-state index in [-0.39, 0.29) is 5.69 Å². The number of benzene rings is 1. The van der Waals surface area contributed by atoms with E-state index in [0.29, 0.717) is 26.3 Å². The van der Waals surface area contributed by atoms with Crippen LogP contribution in [0.4, 0.5) is 18.9 Å². The Morgan fingerprint density at radius 2 is 1.90 bits per heavy atom. The molecule has 2 rings (SSSR count). The zero-order valence-electron chi connectivity index (χ0n) is 11.7. The van der Waals surface area contributed by atoms with Gasteiger partial charge in [-0.3, -0.25) is 4.79 Å². The molecule has 1 amide bonds. The van der Waals surface area contributed by atoms with E-state index in [1.54, 1.807) is 6.92 Å². The zero-order chi connectivity index (χ0) is 15.5. The first-order chi connectivity index (χ1) is 9.89. The molecule has 7 heteroatoms. The quantitative estimate of drug-likeness (QED) is 0.873. The lowest BCUT2D eigenvalue weighted by molar-refractivity contribution is -0.921. The van der Waals surface area contributed by atoms with Crippen molar-refractivity contribution in [1.29, 1.82) is 0 Å². The molecule has 116 valence electrons. The van der Waals surface area contributed by atoms with E-state index in [0.717, 1.165) is 11.0 Å². The lowest BCUT2D eigenvalue weighted by atomic mass is 10.1. The molecule has 1 aliphatic rings.